The maximum Gasteiger partial charge on any atom is 0.283 e. The number of fused-ring (bicyclic) bond motifs is 2. The second kappa shape index (κ2) is 8.91. The zero-order valence-corrected chi connectivity index (χ0v) is 17.4. The Kier molecular flexibility index (Phi) is 5.50. The van der Waals surface area contributed by atoms with Crippen LogP contribution in [-0.2, 0) is 11.4 Å². The number of nitrogens with zero attached hydrogens (tertiary/aromatic N) is 2. The second-order valence-electron chi connectivity index (χ2n) is 7.32. The van der Waals surface area contributed by atoms with Gasteiger partial charge in [0.1, 0.15) is 24.6 Å². The number of aromatic nitrogens is 2. The quantitative estimate of drug-likeness (QED) is 0.459. The molecule has 0 bridgehead atoms. The first-order valence-electron chi connectivity index (χ1n) is 10.3. The molecule has 2 aromatic heterocycles. The maximum absolute atomic E-state index is 12.5. The van der Waals surface area contributed by atoms with Crippen molar-refractivity contribution in [2.75, 3.05) is 6.61 Å². The van der Waals surface area contributed by atoms with Gasteiger partial charge in [0, 0.05) is 18.0 Å². The van der Waals surface area contributed by atoms with Crippen LogP contribution in [-0.4, -0.2) is 33.9 Å². The van der Waals surface area contributed by atoms with Crippen molar-refractivity contribution in [2.24, 2.45) is 0 Å². The number of carbonyl (C=O) groups excluding carboxylic acids is 2. The minimum Gasteiger partial charge on any atom is -0.487 e. The zero-order valence-electron chi connectivity index (χ0n) is 17.4. The van der Waals surface area contributed by atoms with E-state index in [2.05, 4.69) is 15.8 Å². The van der Waals surface area contributed by atoms with Crippen molar-refractivity contribution >= 4 is 17.5 Å². The lowest BCUT2D eigenvalue weighted by Gasteiger charge is -2.25. The first-order chi connectivity index (χ1) is 16.2. The van der Waals surface area contributed by atoms with E-state index in [0.717, 1.165) is 11.3 Å². The first kappa shape index (κ1) is 20.4. The maximum atomic E-state index is 12.5. The highest BCUT2D eigenvalue weighted by atomic mass is 16.6. The first-order valence-corrected chi connectivity index (χ1v) is 10.3. The molecule has 0 aliphatic carbocycles. The number of amides is 2. The summed E-state index contributed by atoms with van der Waals surface area (Å²) >= 11 is 0. The number of rotatable bonds is 5. The predicted octanol–water partition coefficient (Wildman–Crippen LogP) is 2.51. The number of imidazole rings is 1. The predicted molar refractivity (Wildman–Crippen MR) is 118 cm³/mol. The van der Waals surface area contributed by atoms with E-state index < -0.39 is 17.9 Å². The third-order valence-corrected chi connectivity index (χ3v) is 5.00. The molecule has 0 radical (unpaired) electrons. The Balaban J connectivity index is 1.16. The van der Waals surface area contributed by atoms with Gasteiger partial charge in [0.15, 0.2) is 11.5 Å². The molecule has 1 aliphatic rings. The van der Waals surface area contributed by atoms with Crippen LogP contribution in [0.25, 0.3) is 5.65 Å². The number of pyridine rings is 1. The number of nitrogens with one attached hydrogen (secondary N) is 2. The molecule has 9 heteroatoms. The topological polar surface area (TPSA) is 103 Å². The van der Waals surface area contributed by atoms with Gasteiger partial charge in [0.2, 0.25) is 6.10 Å². The SMILES string of the molecule is O=C(NNC(=O)C1COc2ccccc2O1)c1cccc(OCc2cn3ccccc3n2)c1. The molecule has 0 saturated carbocycles. The average molecular weight is 444 g/mol. The molecular formula is C24H20N4O5. The van der Waals surface area contributed by atoms with Crippen LogP contribution in [0, 0.1) is 0 Å². The fourth-order valence-electron chi connectivity index (χ4n) is 3.36. The van der Waals surface area contributed by atoms with E-state index in [0.29, 0.717) is 22.8 Å². The summed E-state index contributed by atoms with van der Waals surface area (Å²) in [7, 11) is 0. The summed E-state index contributed by atoms with van der Waals surface area (Å²) in [6.45, 7) is 0.301. The molecule has 1 atom stereocenters. The van der Waals surface area contributed by atoms with Crippen molar-refractivity contribution in [1.29, 1.82) is 0 Å². The summed E-state index contributed by atoms with van der Waals surface area (Å²) in [5.74, 6) is 0.555. The molecular weight excluding hydrogens is 424 g/mol. The molecule has 33 heavy (non-hydrogen) atoms. The van der Waals surface area contributed by atoms with E-state index in [1.54, 1.807) is 42.5 Å². The number of hydrazine groups is 1. The highest BCUT2D eigenvalue weighted by Gasteiger charge is 2.27. The van der Waals surface area contributed by atoms with E-state index in [-0.39, 0.29) is 13.2 Å². The number of hydrogen-bond donors (Lipinski definition) is 2. The van der Waals surface area contributed by atoms with Crippen LogP contribution in [0.5, 0.6) is 17.2 Å². The molecule has 2 amide bonds. The Bertz CT molecular complexity index is 1290. The third kappa shape index (κ3) is 4.57. The summed E-state index contributed by atoms with van der Waals surface area (Å²) in [6, 6.07) is 19.5. The fraction of sp³-hybridized carbons (Fsp3) is 0.125. The number of benzene rings is 2. The van der Waals surface area contributed by atoms with Crippen LogP contribution in [0.4, 0.5) is 0 Å². The molecule has 2 aromatic carbocycles. The summed E-state index contributed by atoms with van der Waals surface area (Å²) in [4.78, 5) is 29.4. The second-order valence-corrected chi connectivity index (χ2v) is 7.32. The molecule has 3 heterocycles. The Morgan fingerprint density at radius 1 is 1.03 bits per heavy atom. The minimum absolute atomic E-state index is 0.0467. The van der Waals surface area contributed by atoms with Crippen molar-refractivity contribution in [2.45, 2.75) is 12.7 Å². The zero-order chi connectivity index (χ0) is 22.6. The lowest BCUT2D eigenvalue weighted by atomic mass is 10.2. The van der Waals surface area contributed by atoms with Crippen molar-refractivity contribution in [1.82, 2.24) is 20.2 Å². The Hall–Kier alpha value is -4.53. The molecule has 9 nitrogen and oxygen atoms in total. The minimum atomic E-state index is -0.875. The Labute approximate surface area is 188 Å². The van der Waals surface area contributed by atoms with Gasteiger partial charge in [-0.05, 0) is 42.5 Å². The van der Waals surface area contributed by atoms with Gasteiger partial charge in [0.25, 0.3) is 11.8 Å². The van der Waals surface area contributed by atoms with Crippen molar-refractivity contribution in [3.63, 3.8) is 0 Å². The highest BCUT2D eigenvalue weighted by molar-refractivity contribution is 5.96. The molecule has 4 aromatic rings. The molecule has 0 fully saturated rings. The average Bonchev–Trinajstić information content (AvgIpc) is 3.29. The van der Waals surface area contributed by atoms with Crippen molar-refractivity contribution in [3.8, 4) is 17.2 Å². The standard InChI is InChI=1S/C24H20N4O5/c29-23(26-27-24(30)21-15-32-19-8-1-2-9-20(19)33-21)16-6-5-7-18(12-16)31-14-17-13-28-11-4-3-10-22(28)25-17/h1-13,21H,14-15H2,(H,26,29)(H,27,30). The van der Waals surface area contributed by atoms with E-state index in [1.165, 1.54) is 0 Å². The molecule has 1 unspecified atom stereocenters. The summed E-state index contributed by atoms with van der Waals surface area (Å²) in [6.07, 6.45) is 2.92. The van der Waals surface area contributed by atoms with Crippen LogP contribution in [0.3, 0.4) is 0 Å². The molecule has 0 spiro atoms. The summed E-state index contributed by atoms with van der Waals surface area (Å²) in [5, 5.41) is 0. The van der Waals surface area contributed by atoms with E-state index in [9.17, 15) is 9.59 Å². The molecule has 5 rings (SSSR count). The number of hydrogen-bond acceptors (Lipinski definition) is 6. The van der Waals surface area contributed by atoms with Crippen LogP contribution in [0.2, 0.25) is 0 Å². The third-order valence-electron chi connectivity index (χ3n) is 5.00. The van der Waals surface area contributed by atoms with E-state index in [1.807, 2.05) is 41.1 Å². The largest absolute Gasteiger partial charge is 0.487 e. The van der Waals surface area contributed by atoms with Crippen molar-refractivity contribution in [3.05, 3.63) is 90.4 Å². The van der Waals surface area contributed by atoms with Crippen LogP contribution in [0.1, 0.15) is 16.1 Å². The smallest absolute Gasteiger partial charge is 0.283 e. The summed E-state index contributed by atoms with van der Waals surface area (Å²) in [5.41, 5.74) is 6.69. The van der Waals surface area contributed by atoms with Gasteiger partial charge in [-0.1, -0.05) is 24.3 Å². The van der Waals surface area contributed by atoms with Gasteiger partial charge in [0.05, 0.1) is 5.69 Å². The number of ether oxygens (including phenoxy) is 3. The van der Waals surface area contributed by atoms with Gasteiger partial charge in [-0.15, -0.1) is 0 Å². The highest BCUT2D eigenvalue weighted by Crippen LogP contribution is 2.30. The normalized spacial score (nSPS) is 14.5. The number of para-hydroxylation sites is 2. The van der Waals surface area contributed by atoms with E-state index >= 15 is 0 Å². The summed E-state index contributed by atoms with van der Waals surface area (Å²) < 4.78 is 18.9. The van der Waals surface area contributed by atoms with Crippen LogP contribution >= 0.6 is 0 Å². The van der Waals surface area contributed by atoms with Gasteiger partial charge in [-0.25, -0.2) is 4.98 Å². The van der Waals surface area contributed by atoms with Gasteiger partial charge < -0.3 is 18.6 Å². The van der Waals surface area contributed by atoms with Gasteiger partial charge in [-0.3, -0.25) is 20.4 Å². The fourth-order valence-corrected chi connectivity index (χ4v) is 3.36. The van der Waals surface area contributed by atoms with Crippen molar-refractivity contribution < 1.29 is 23.8 Å². The van der Waals surface area contributed by atoms with Gasteiger partial charge >= 0.3 is 0 Å². The Morgan fingerprint density at radius 2 is 1.88 bits per heavy atom. The van der Waals surface area contributed by atoms with Crippen LogP contribution < -0.4 is 25.1 Å². The lowest BCUT2D eigenvalue weighted by Crippen LogP contribution is -2.50. The molecule has 166 valence electrons. The van der Waals surface area contributed by atoms with E-state index in [4.69, 9.17) is 14.2 Å². The molecule has 2 N–H and O–H groups in total. The molecule has 1 aliphatic heterocycles. The van der Waals surface area contributed by atoms with Gasteiger partial charge in [-0.2, -0.15) is 0 Å². The Morgan fingerprint density at radius 3 is 2.76 bits per heavy atom. The molecule has 0 saturated heterocycles. The monoisotopic (exact) mass is 444 g/mol. The van der Waals surface area contributed by atoms with Crippen LogP contribution in [0.15, 0.2) is 79.1 Å². The number of carbonyl (C=O) groups is 2. The lowest BCUT2D eigenvalue weighted by molar-refractivity contribution is -0.131.